The lowest BCUT2D eigenvalue weighted by atomic mass is 10.1. The highest BCUT2D eigenvalue weighted by Gasteiger charge is 2.28. The Morgan fingerprint density at radius 3 is 2.82 bits per heavy atom. The van der Waals surface area contributed by atoms with Crippen molar-refractivity contribution in [2.45, 2.75) is 12.5 Å². The molecule has 0 amide bonds. The summed E-state index contributed by atoms with van der Waals surface area (Å²) < 4.78 is 12.6. The summed E-state index contributed by atoms with van der Waals surface area (Å²) in [5, 5.41) is 10.2. The zero-order chi connectivity index (χ0) is 8.43. The Bertz CT molecular complexity index is 247. The number of nitrogens with two attached hydrogens (primary N) is 1. The second kappa shape index (κ2) is 2.69. The molecule has 1 aliphatic rings. The van der Waals surface area contributed by atoms with Crippen LogP contribution in [0.5, 0.6) is 0 Å². The maximum atomic E-state index is 12.6. The number of hydrogen-bond acceptors (Lipinski definition) is 3. The van der Waals surface area contributed by atoms with Crippen LogP contribution in [0.1, 0.15) is 6.42 Å². The lowest BCUT2D eigenvalue weighted by molar-refractivity contribution is -0.514. The Balaban J connectivity index is 2.81. The Morgan fingerprint density at radius 2 is 2.36 bits per heavy atom. The van der Waals surface area contributed by atoms with Gasteiger partial charge in [0.05, 0.1) is 6.42 Å². The maximum absolute atomic E-state index is 12.6. The molecule has 0 aromatic carbocycles. The zero-order valence-electron chi connectivity index (χ0n) is 5.66. The van der Waals surface area contributed by atoms with E-state index in [-0.39, 0.29) is 6.42 Å². The predicted molar refractivity (Wildman–Crippen MR) is 36.9 cm³/mol. The third-order valence-electron chi connectivity index (χ3n) is 1.46. The van der Waals surface area contributed by atoms with E-state index in [0.29, 0.717) is 5.70 Å². The molecular weight excluding hydrogens is 151 g/mol. The summed E-state index contributed by atoms with van der Waals surface area (Å²) in [5.74, 6) is -0.732. The van der Waals surface area contributed by atoms with Crippen LogP contribution in [0.3, 0.4) is 0 Å². The Hall–Kier alpha value is -1.39. The molecule has 0 bridgehead atoms. The number of hydrogen-bond donors (Lipinski definition) is 1. The van der Waals surface area contributed by atoms with Gasteiger partial charge in [0.15, 0.2) is 5.83 Å². The third kappa shape index (κ3) is 1.54. The van der Waals surface area contributed by atoms with Crippen molar-refractivity contribution >= 4 is 0 Å². The van der Waals surface area contributed by atoms with Gasteiger partial charge in [-0.2, -0.15) is 0 Å². The van der Waals surface area contributed by atoms with Crippen molar-refractivity contribution in [1.82, 2.24) is 0 Å². The minimum atomic E-state index is -1.28. The van der Waals surface area contributed by atoms with Crippen molar-refractivity contribution in [3.05, 3.63) is 33.8 Å². The van der Waals surface area contributed by atoms with Crippen LogP contribution in [0.15, 0.2) is 23.7 Å². The van der Waals surface area contributed by atoms with Gasteiger partial charge in [0, 0.05) is 10.6 Å². The summed E-state index contributed by atoms with van der Waals surface area (Å²) in [5.41, 5.74) is 5.61. The van der Waals surface area contributed by atoms with E-state index in [1.165, 1.54) is 6.08 Å². The second-order valence-corrected chi connectivity index (χ2v) is 2.30. The smallest absolute Gasteiger partial charge is 0.269 e. The Morgan fingerprint density at radius 1 is 1.73 bits per heavy atom. The second-order valence-electron chi connectivity index (χ2n) is 2.30. The number of nitrogens with zero attached hydrogens (tertiary/aromatic N) is 1. The highest BCUT2D eigenvalue weighted by molar-refractivity contribution is 5.21. The minimum absolute atomic E-state index is 0.0324. The summed E-state index contributed by atoms with van der Waals surface area (Å²) >= 11 is 0. The molecule has 4 nitrogen and oxygen atoms in total. The number of halogens is 1. The molecule has 2 N–H and O–H groups in total. The van der Waals surface area contributed by atoms with E-state index in [9.17, 15) is 14.5 Å². The van der Waals surface area contributed by atoms with E-state index in [4.69, 9.17) is 5.73 Å². The molecule has 0 fully saturated rings. The number of rotatable bonds is 1. The molecule has 0 saturated carbocycles. The first-order chi connectivity index (χ1) is 5.11. The number of allylic oxidation sites excluding steroid dienone is 2. The van der Waals surface area contributed by atoms with Crippen molar-refractivity contribution in [3.8, 4) is 0 Å². The molecule has 0 aromatic heterocycles. The van der Waals surface area contributed by atoms with Gasteiger partial charge >= 0.3 is 0 Å². The summed E-state index contributed by atoms with van der Waals surface area (Å²) in [6.45, 7) is 0. The van der Waals surface area contributed by atoms with E-state index in [1.54, 1.807) is 0 Å². The van der Waals surface area contributed by atoms with Crippen molar-refractivity contribution in [1.29, 1.82) is 0 Å². The van der Waals surface area contributed by atoms with Crippen LogP contribution in [0.2, 0.25) is 0 Å². The van der Waals surface area contributed by atoms with E-state index in [1.807, 2.05) is 0 Å². The van der Waals surface area contributed by atoms with Crippen LogP contribution < -0.4 is 5.73 Å². The summed E-state index contributed by atoms with van der Waals surface area (Å²) in [7, 11) is 0. The molecule has 0 radical (unpaired) electrons. The molecule has 60 valence electrons. The average molecular weight is 158 g/mol. The molecule has 0 heterocycles. The average Bonchev–Trinajstić information content (AvgIpc) is 1.94. The minimum Gasteiger partial charge on any atom is -0.402 e. The molecule has 11 heavy (non-hydrogen) atoms. The van der Waals surface area contributed by atoms with Crippen molar-refractivity contribution < 1.29 is 9.31 Å². The van der Waals surface area contributed by atoms with Crippen LogP contribution >= 0.6 is 0 Å². The van der Waals surface area contributed by atoms with Crippen LogP contribution in [0, 0.1) is 10.1 Å². The van der Waals surface area contributed by atoms with Crippen molar-refractivity contribution in [3.63, 3.8) is 0 Å². The molecule has 1 unspecified atom stereocenters. The van der Waals surface area contributed by atoms with E-state index in [0.717, 1.165) is 6.08 Å². The van der Waals surface area contributed by atoms with Gasteiger partial charge in [0.2, 0.25) is 0 Å². The van der Waals surface area contributed by atoms with Gasteiger partial charge in [0.1, 0.15) is 0 Å². The van der Waals surface area contributed by atoms with E-state index >= 15 is 0 Å². The summed E-state index contributed by atoms with van der Waals surface area (Å²) in [6.07, 6.45) is 2.34. The first-order valence-corrected chi connectivity index (χ1v) is 3.06. The van der Waals surface area contributed by atoms with Gasteiger partial charge in [-0.1, -0.05) is 0 Å². The van der Waals surface area contributed by atoms with E-state index < -0.39 is 16.8 Å². The molecule has 1 aliphatic carbocycles. The van der Waals surface area contributed by atoms with Crippen molar-refractivity contribution in [2.24, 2.45) is 5.73 Å². The van der Waals surface area contributed by atoms with Gasteiger partial charge in [0.25, 0.3) is 6.04 Å². The third-order valence-corrected chi connectivity index (χ3v) is 1.46. The SMILES string of the molecule is NC1=CC=C(F)C([N+](=O)[O-])C1. The topological polar surface area (TPSA) is 69.2 Å². The highest BCUT2D eigenvalue weighted by atomic mass is 19.1. The zero-order valence-corrected chi connectivity index (χ0v) is 5.66. The van der Waals surface area contributed by atoms with Gasteiger partial charge in [-0.15, -0.1) is 0 Å². The first kappa shape index (κ1) is 7.71. The first-order valence-electron chi connectivity index (χ1n) is 3.06. The Kier molecular flexibility index (Phi) is 1.89. The highest BCUT2D eigenvalue weighted by Crippen LogP contribution is 2.19. The fourth-order valence-electron chi connectivity index (χ4n) is 0.862. The standard InChI is InChI=1S/C6H7FN2O2/c7-5-2-1-4(8)3-6(5)9(10)11/h1-2,6H,3,8H2. The Labute approximate surface area is 62.3 Å². The molecule has 0 aromatic rings. The quantitative estimate of drug-likeness (QED) is 0.451. The summed E-state index contributed by atoms with van der Waals surface area (Å²) in [6, 6.07) is -1.28. The molecule has 1 rings (SSSR count). The van der Waals surface area contributed by atoms with Gasteiger partial charge in [-0.25, -0.2) is 4.39 Å². The summed E-state index contributed by atoms with van der Waals surface area (Å²) in [4.78, 5) is 9.48. The van der Waals surface area contributed by atoms with E-state index in [2.05, 4.69) is 0 Å². The van der Waals surface area contributed by atoms with Gasteiger partial charge < -0.3 is 5.73 Å². The van der Waals surface area contributed by atoms with Gasteiger partial charge in [-0.05, 0) is 12.2 Å². The fourth-order valence-corrected chi connectivity index (χ4v) is 0.862. The normalized spacial score (nSPS) is 23.9. The lowest BCUT2D eigenvalue weighted by Crippen LogP contribution is -2.24. The fraction of sp³-hybridized carbons (Fsp3) is 0.333. The monoisotopic (exact) mass is 158 g/mol. The molecule has 0 saturated heterocycles. The largest absolute Gasteiger partial charge is 0.402 e. The van der Waals surface area contributed by atoms with Crippen LogP contribution in [0.25, 0.3) is 0 Å². The molecule has 0 spiro atoms. The lowest BCUT2D eigenvalue weighted by Gasteiger charge is -2.10. The molecule has 1 atom stereocenters. The van der Waals surface area contributed by atoms with Crippen molar-refractivity contribution in [2.75, 3.05) is 0 Å². The molecular formula is C6H7FN2O2. The molecule has 0 aliphatic heterocycles. The van der Waals surface area contributed by atoms with Crippen LogP contribution in [-0.4, -0.2) is 11.0 Å². The predicted octanol–water partition coefficient (Wildman–Crippen LogP) is 0.731. The maximum Gasteiger partial charge on any atom is 0.269 e. The van der Waals surface area contributed by atoms with Crippen LogP contribution in [-0.2, 0) is 0 Å². The van der Waals surface area contributed by atoms with Crippen LogP contribution in [0.4, 0.5) is 4.39 Å². The molecule has 5 heteroatoms. The van der Waals surface area contributed by atoms with Gasteiger partial charge in [-0.3, -0.25) is 10.1 Å². The number of nitro groups is 1.